The van der Waals surface area contributed by atoms with Crippen molar-refractivity contribution in [2.75, 3.05) is 6.61 Å². The van der Waals surface area contributed by atoms with Gasteiger partial charge in [0.2, 0.25) is 0 Å². The topological polar surface area (TPSA) is 85.7 Å². The molecule has 0 fully saturated rings. The number of furan rings is 1. The fourth-order valence-electron chi connectivity index (χ4n) is 1.66. The molecule has 0 radical (unpaired) electrons. The van der Waals surface area contributed by atoms with Gasteiger partial charge in [0, 0.05) is 6.61 Å². The third kappa shape index (κ3) is 3.32. The molecule has 1 aromatic carbocycles. The van der Waals surface area contributed by atoms with Crippen molar-refractivity contribution in [3.05, 3.63) is 57.8 Å². The van der Waals surface area contributed by atoms with Gasteiger partial charge < -0.3 is 14.3 Å². The molecule has 0 spiro atoms. The summed E-state index contributed by atoms with van der Waals surface area (Å²) in [7, 11) is 0. The van der Waals surface area contributed by atoms with Gasteiger partial charge in [0.05, 0.1) is 6.07 Å². The average molecular weight is 263 g/mol. The van der Waals surface area contributed by atoms with Crippen LogP contribution in [0.1, 0.15) is 11.3 Å². The maximum absolute atomic E-state index is 10.5. The molecule has 1 N–H and O–H groups in total. The van der Waals surface area contributed by atoms with Crippen LogP contribution < -0.4 is 4.74 Å². The number of aliphatic hydroxyl groups is 1. The number of rotatable bonds is 6. The van der Waals surface area contributed by atoms with Crippen LogP contribution in [0, 0.1) is 10.1 Å². The molecule has 1 heterocycles. The minimum atomic E-state index is -0.594. The molecular weight excluding hydrogens is 250 g/mol. The lowest BCUT2D eigenvalue weighted by atomic mass is 10.1. The van der Waals surface area contributed by atoms with Gasteiger partial charge >= 0.3 is 5.88 Å². The first kappa shape index (κ1) is 13.1. The first-order chi connectivity index (χ1) is 9.20. The fraction of sp³-hybridized carbons (Fsp3) is 0.231. The Hall–Kier alpha value is -2.34. The molecule has 100 valence electrons. The van der Waals surface area contributed by atoms with Crippen LogP contribution in [0.15, 0.2) is 40.8 Å². The highest BCUT2D eigenvalue weighted by Crippen LogP contribution is 2.21. The normalized spacial score (nSPS) is 10.4. The molecule has 0 aliphatic carbocycles. The Morgan fingerprint density at radius 2 is 2.05 bits per heavy atom. The zero-order chi connectivity index (χ0) is 13.7. The van der Waals surface area contributed by atoms with Gasteiger partial charge in [0.15, 0.2) is 0 Å². The van der Waals surface area contributed by atoms with Gasteiger partial charge in [0.25, 0.3) is 0 Å². The highest BCUT2D eigenvalue weighted by atomic mass is 16.6. The minimum absolute atomic E-state index is 0.0343. The van der Waals surface area contributed by atoms with E-state index >= 15 is 0 Å². The van der Waals surface area contributed by atoms with Crippen LogP contribution in [-0.2, 0) is 13.0 Å². The van der Waals surface area contributed by atoms with E-state index in [9.17, 15) is 10.1 Å². The second-order valence-corrected chi connectivity index (χ2v) is 3.87. The van der Waals surface area contributed by atoms with Crippen molar-refractivity contribution in [1.82, 2.24) is 0 Å². The van der Waals surface area contributed by atoms with Crippen LogP contribution in [0.25, 0.3) is 0 Å². The van der Waals surface area contributed by atoms with Gasteiger partial charge in [-0.15, -0.1) is 0 Å². The fourth-order valence-corrected chi connectivity index (χ4v) is 1.66. The minimum Gasteiger partial charge on any atom is -0.485 e. The average Bonchev–Trinajstić information content (AvgIpc) is 2.87. The summed E-state index contributed by atoms with van der Waals surface area (Å²) in [4.78, 5) is 9.88. The number of aliphatic hydroxyl groups excluding tert-OH is 1. The van der Waals surface area contributed by atoms with Crippen molar-refractivity contribution >= 4 is 5.88 Å². The second kappa shape index (κ2) is 6.01. The largest absolute Gasteiger partial charge is 0.485 e. The summed E-state index contributed by atoms with van der Waals surface area (Å²) >= 11 is 0. The zero-order valence-electron chi connectivity index (χ0n) is 10.1. The molecule has 0 saturated carbocycles. The number of hydrogen-bond acceptors (Lipinski definition) is 5. The Kier molecular flexibility index (Phi) is 4.15. The Bertz CT molecular complexity index is 564. The van der Waals surface area contributed by atoms with Crippen LogP contribution in [-0.4, -0.2) is 16.6 Å². The van der Waals surface area contributed by atoms with Crippen molar-refractivity contribution in [2.24, 2.45) is 0 Å². The van der Waals surface area contributed by atoms with Gasteiger partial charge in [-0.25, -0.2) is 0 Å². The molecule has 0 unspecified atom stereocenters. The smallest absolute Gasteiger partial charge is 0.433 e. The van der Waals surface area contributed by atoms with E-state index in [1.165, 1.54) is 12.1 Å². The number of ether oxygens (including phenoxy) is 1. The van der Waals surface area contributed by atoms with Gasteiger partial charge in [-0.05, 0) is 24.1 Å². The molecule has 1 aromatic heterocycles. The highest BCUT2D eigenvalue weighted by Gasteiger charge is 2.12. The van der Waals surface area contributed by atoms with E-state index in [0.717, 1.165) is 5.56 Å². The standard InChI is InChI=1S/C13H13NO5/c15-8-7-10-3-1-2-4-12(10)18-9-11-5-6-13(19-11)14(16)17/h1-6,15H,7-9H2. The maximum Gasteiger partial charge on any atom is 0.433 e. The molecule has 0 bridgehead atoms. The number of nitro groups is 1. The molecule has 0 atom stereocenters. The third-order valence-electron chi connectivity index (χ3n) is 2.55. The molecule has 2 rings (SSSR count). The molecule has 6 nitrogen and oxygen atoms in total. The molecule has 0 amide bonds. The van der Waals surface area contributed by atoms with Crippen LogP contribution in [0.2, 0.25) is 0 Å². The quantitative estimate of drug-likeness (QED) is 0.638. The van der Waals surface area contributed by atoms with Gasteiger partial charge in [-0.1, -0.05) is 18.2 Å². The lowest BCUT2D eigenvalue weighted by Gasteiger charge is -2.09. The van der Waals surface area contributed by atoms with E-state index in [2.05, 4.69) is 0 Å². The summed E-state index contributed by atoms with van der Waals surface area (Å²) in [6.07, 6.45) is 0.495. The monoisotopic (exact) mass is 263 g/mol. The van der Waals surface area contributed by atoms with Gasteiger partial charge in [-0.2, -0.15) is 0 Å². The number of nitrogens with zero attached hydrogens (tertiary/aromatic N) is 1. The maximum atomic E-state index is 10.5. The molecule has 6 heteroatoms. The lowest BCUT2D eigenvalue weighted by Crippen LogP contribution is -1.99. The number of para-hydroxylation sites is 1. The Labute approximate surface area is 109 Å². The van der Waals surface area contributed by atoms with Crippen LogP contribution in [0.4, 0.5) is 5.88 Å². The summed E-state index contributed by atoms with van der Waals surface area (Å²) in [5, 5.41) is 19.4. The molecule has 0 aliphatic heterocycles. The van der Waals surface area contributed by atoms with Crippen molar-refractivity contribution in [2.45, 2.75) is 13.0 Å². The van der Waals surface area contributed by atoms with E-state index in [1.807, 2.05) is 18.2 Å². The van der Waals surface area contributed by atoms with Crippen molar-refractivity contribution in [1.29, 1.82) is 0 Å². The first-order valence-electron chi connectivity index (χ1n) is 5.75. The Balaban J connectivity index is 2.03. The van der Waals surface area contributed by atoms with E-state index in [-0.39, 0.29) is 19.1 Å². The van der Waals surface area contributed by atoms with E-state index in [0.29, 0.717) is 17.9 Å². The van der Waals surface area contributed by atoms with Crippen LogP contribution in [0.5, 0.6) is 5.75 Å². The Morgan fingerprint density at radius 3 is 2.74 bits per heavy atom. The van der Waals surface area contributed by atoms with Crippen molar-refractivity contribution in [3.8, 4) is 5.75 Å². The summed E-state index contributed by atoms with van der Waals surface area (Å²) in [5.74, 6) is 0.711. The summed E-state index contributed by atoms with van der Waals surface area (Å²) in [5.41, 5.74) is 0.881. The summed E-state index contributed by atoms with van der Waals surface area (Å²) in [6, 6.07) is 10.1. The second-order valence-electron chi connectivity index (χ2n) is 3.87. The number of benzene rings is 1. The molecule has 0 saturated heterocycles. The lowest BCUT2D eigenvalue weighted by molar-refractivity contribution is -0.402. The third-order valence-corrected chi connectivity index (χ3v) is 2.55. The predicted molar refractivity (Wildman–Crippen MR) is 66.9 cm³/mol. The van der Waals surface area contributed by atoms with Crippen LogP contribution >= 0.6 is 0 Å². The SMILES string of the molecule is O=[N+]([O-])c1ccc(COc2ccccc2CCO)o1. The Morgan fingerprint density at radius 1 is 1.26 bits per heavy atom. The molecular formula is C13H13NO5. The van der Waals surface area contributed by atoms with Crippen molar-refractivity contribution < 1.29 is 19.2 Å². The molecule has 2 aromatic rings. The van der Waals surface area contributed by atoms with Gasteiger partial charge in [-0.3, -0.25) is 10.1 Å². The first-order valence-corrected chi connectivity index (χ1v) is 5.75. The van der Waals surface area contributed by atoms with E-state index in [4.69, 9.17) is 14.3 Å². The van der Waals surface area contributed by atoms with Crippen molar-refractivity contribution in [3.63, 3.8) is 0 Å². The number of hydrogen-bond donors (Lipinski definition) is 1. The summed E-state index contributed by atoms with van der Waals surface area (Å²) < 4.78 is 10.5. The van der Waals surface area contributed by atoms with Gasteiger partial charge in [0.1, 0.15) is 23.0 Å². The summed E-state index contributed by atoms with van der Waals surface area (Å²) in [6.45, 7) is 0.142. The van der Waals surface area contributed by atoms with Crippen LogP contribution in [0.3, 0.4) is 0 Å². The predicted octanol–water partition coefficient (Wildman–Crippen LogP) is 2.30. The van der Waals surface area contributed by atoms with E-state index in [1.54, 1.807) is 6.07 Å². The molecule has 19 heavy (non-hydrogen) atoms. The van der Waals surface area contributed by atoms with E-state index < -0.39 is 4.92 Å². The highest BCUT2D eigenvalue weighted by molar-refractivity contribution is 5.33. The zero-order valence-corrected chi connectivity index (χ0v) is 10.1. The molecule has 0 aliphatic rings.